The number of carbonyl (C=O) groups is 1. The van der Waals surface area contributed by atoms with Crippen molar-refractivity contribution in [2.24, 2.45) is 0 Å². The SMILES string of the molecule is N#Cc1cc(C(F)(F)F)ccc1N1CCCCC1C=O. The molecule has 1 atom stereocenters. The summed E-state index contributed by atoms with van der Waals surface area (Å²) in [5.74, 6) is 0. The number of piperidine rings is 1. The monoisotopic (exact) mass is 282 g/mol. The van der Waals surface area contributed by atoms with Gasteiger partial charge in [0.1, 0.15) is 12.4 Å². The lowest BCUT2D eigenvalue weighted by atomic mass is 10.00. The van der Waals surface area contributed by atoms with E-state index in [-0.39, 0.29) is 11.6 Å². The molecule has 0 bridgehead atoms. The van der Waals surface area contributed by atoms with Gasteiger partial charge in [-0.05, 0) is 37.5 Å². The van der Waals surface area contributed by atoms with Gasteiger partial charge in [-0.25, -0.2) is 0 Å². The molecule has 1 aliphatic rings. The standard InChI is InChI=1S/C14H13F3N2O/c15-14(16,17)11-4-5-13(10(7-11)8-18)19-6-2-1-3-12(19)9-20/h4-5,7,9,12H,1-3,6H2. The van der Waals surface area contributed by atoms with Gasteiger partial charge in [-0.2, -0.15) is 18.4 Å². The number of aldehydes is 1. The number of halogens is 3. The minimum atomic E-state index is -4.48. The molecule has 106 valence electrons. The van der Waals surface area contributed by atoms with E-state index >= 15 is 0 Å². The number of hydrogen-bond acceptors (Lipinski definition) is 3. The summed E-state index contributed by atoms with van der Waals surface area (Å²) in [7, 11) is 0. The first-order chi connectivity index (χ1) is 9.47. The van der Waals surface area contributed by atoms with Crippen molar-refractivity contribution in [2.45, 2.75) is 31.5 Å². The normalized spacial score (nSPS) is 19.5. The quantitative estimate of drug-likeness (QED) is 0.783. The smallest absolute Gasteiger partial charge is 0.361 e. The summed E-state index contributed by atoms with van der Waals surface area (Å²) in [6.45, 7) is 0.573. The number of nitrogens with zero attached hydrogens (tertiary/aromatic N) is 2. The van der Waals surface area contributed by atoms with E-state index in [9.17, 15) is 18.0 Å². The fourth-order valence-electron chi connectivity index (χ4n) is 2.45. The summed E-state index contributed by atoms with van der Waals surface area (Å²) >= 11 is 0. The van der Waals surface area contributed by atoms with Crippen molar-refractivity contribution in [1.29, 1.82) is 5.26 Å². The topological polar surface area (TPSA) is 44.1 Å². The number of anilines is 1. The Morgan fingerprint density at radius 1 is 1.35 bits per heavy atom. The number of nitriles is 1. The van der Waals surface area contributed by atoms with E-state index < -0.39 is 11.7 Å². The number of alkyl halides is 3. The van der Waals surface area contributed by atoms with Gasteiger partial charge in [0.25, 0.3) is 0 Å². The Kier molecular flexibility index (Phi) is 3.98. The van der Waals surface area contributed by atoms with Gasteiger partial charge >= 0.3 is 6.18 Å². The van der Waals surface area contributed by atoms with Crippen LogP contribution in [0.5, 0.6) is 0 Å². The average molecular weight is 282 g/mol. The Morgan fingerprint density at radius 3 is 2.70 bits per heavy atom. The van der Waals surface area contributed by atoms with Gasteiger partial charge < -0.3 is 9.69 Å². The second-order valence-electron chi connectivity index (χ2n) is 4.73. The third-order valence-electron chi connectivity index (χ3n) is 3.46. The van der Waals surface area contributed by atoms with Crippen LogP contribution >= 0.6 is 0 Å². The molecule has 1 saturated heterocycles. The van der Waals surface area contributed by atoms with Crippen LogP contribution in [0.4, 0.5) is 18.9 Å². The molecule has 1 heterocycles. The van der Waals surface area contributed by atoms with Crippen molar-refractivity contribution in [3.05, 3.63) is 29.3 Å². The van der Waals surface area contributed by atoms with Crippen molar-refractivity contribution in [3.8, 4) is 6.07 Å². The molecule has 0 spiro atoms. The molecule has 3 nitrogen and oxygen atoms in total. The molecular formula is C14H13F3N2O. The molecule has 0 amide bonds. The fourth-order valence-corrected chi connectivity index (χ4v) is 2.45. The molecule has 1 unspecified atom stereocenters. The van der Waals surface area contributed by atoms with Crippen LogP contribution in [0.3, 0.4) is 0 Å². The Hall–Kier alpha value is -2.03. The molecule has 2 rings (SSSR count). The zero-order chi connectivity index (χ0) is 14.8. The highest BCUT2D eigenvalue weighted by Crippen LogP contribution is 2.34. The molecule has 20 heavy (non-hydrogen) atoms. The summed E-state index contributed by atoms with van der Waals surface area (Å²) in [6, 6.07) is 4.50. The number of carbonyl (C=O) groups excluding carboxylic acids is 1. The summed E-state index contributed by atoms with van der Waals surface area (Å²) < 4.78 is 37.9. The molecule has 1 fully saturated rings. The van der Waals surface area contributed by atoms with Crippen LogP contribution in [0.2, 0.25) is 0 Å². The van der Waals surface area contributed by atoms with E-state index in [0.717, 1.165) is 31.3 Å². The Labute approximate surface area is 114 Å². The summed E-state index contributed by atoms with van der Waals surface area (Å²) in [5.41, 5.74) is -0.497. The van der Waals surface area contributed by atoms with Crippen LogP contribution in [-0.4, -0.2) is 18.9 Å². The van der Waals surface area contributed by atoms with E-state index in [1.807, 2.05) is 0 Å². The van der Waals surface area contributed by atoms with Gasteiger partial charge in [-0.1, -0.05) is 0 Å². The van der Waals surface area contributed by atoms with Gasteiger partial charge in [0.05, 0.1) is 22.9 Å². The summed E-state index contributed by atoms with van der Waals surface area (Å²) in [5, 5.41) is 9.07. The first-order valence-corrected chi connectivity index (χ1v) is 6.30. The molecule has 0 aliphatic carbocycles. The minimum Gasteiger partial charge on any atom is -0.361 e. The first kappa shape index (κ1) is 14.4. The maximum Gasteiger partial charge on any atom is 0.416 e. The Balaban J connectivity index is 2.41. The number of rotatable bonds is 2. The third kappa shape index (κ3) is 2.77. The van der Waals surface area contributed by atoms with E-state index in [4.69, 9.17) is 5.26 Å². The predicted octanol–water partition coefficient (Wildman–Crippen LogP) is 3.13. The maximum absolute atomic E-state index is 12.6. The van der Waals surface area contributed by atoms with Crippen LogP contribution in [0.15, 0.2) is 18.2 Å². The van der Waals surface area contributed by atoms with Crippen molar-refractivity contribution < 1.29 is 18.0 Å². The average Bonchev–Trinajstić information content (AvgIpc) is 2.45. The largest absolute Gasteiger partial charge is 0.416 e. The third-order valence-corrected chi connectivity index (χ3v) is 3.46. The van der Waals surface area contributed by atoms with Crippen molar-refractivity contribution in [3.63, 3.8) is 0 Å². The molecule has 1 aromatic carbocycles. The first-order valence-electron chi connectivity index (χ1n) is 6.30. The lowest BCUT2D eigenvalue weighted by Gasteiger charge is -2.35. The second-order valence-corrected chi connectivity index (χ2v) is 4.73. The lowest BCUT2D eigenvalue weighted by molar-refractivity contribution is -0.137. The summed E-state index contributed by atoms with van der Waals surface area (Å²) in [4.78, 5) is 12.8. The Bertz CT molecular complexity index is 548. The van der Waals surface area contributed by atoms with E-state index in [0.29, 0.717) is 18.7 Å². The van der Waals surface area contributed by atoms with Crippen LogP contribution in [0, 0.1) is 11.3 Å². The highest BCUT2D eigenvalue weighted by molar-refractivity contribution is 5.70. The minimum absolute atomic E-state index is 0.0476. The highest BCUT2D eigenvalue weighted by atomic mass is 19.4. The molecule has 0 N–H and O–H groups in total. The van der Waals surface area contributed by atoms with Crippen molar-refractivity contribution >= 4 is 12.0 Å². The molecule has 6 heteroatoms. The molecule has 1 aliphatic heterocycles. The highest BCUT2D eigenvalue weighted by Gasteiger charge is 2.32. The second kappa shape index (κ2) is 5.53. The van der Waals surface area contributed by atoms with E-state index in [1.165, 1.54) is 6.07 Å². The number of benzene rings is 1. The lowest BCUT2D eigenvalue weighted by Crippen LogP contribution is -2.41. The zero-order valence-corrected chi connectivity index (χ0v) is 10.7. The van der Waals surface area contributed by atoms with Crippen LogP contribution in [0.1, 0.15) is 30.4 Å². The maximum atomic E-state index is 12.6. The zero-order valence-electron chi connectivity index (χ0n) is 10.7. The fraction of sp³-hybridized carbons (Fsp3) is 0.429. The van der Waals surface area contributed by atoms with Crippen LogP contribution in [-0.2, 0) is 11.0 Å². The molecule has 0 radical (unpaired) electrons. The van der Waals surface area contributed by atoms with Crippen molar-refractivity contribution in [2.75, 3.05) is 11.4 Å². The van der Waals surface area contributed by atoms with Crippen LogP contribution < -0.4 is 4.90 Å². The molecule has 0 saturated carbocycles. The van der Waals surface area contributed by atoms with E-state index in [1.54, 1.807) is 11.0 Å². The van der Waals surface area contributed by atoms with Crippen LogP contribution in [0.25, 0.3) is 0 Å². The Morgan fingerprint density at radius 2 is 2.10 bits per heavy atom. The van der Waals surface area contributed by atoms with Gasteiger partial charge in [-0.3, -0.25) is 0 Å². The van der Waals surface area contributed by atoms with Gasteiger partial charge in [0, 0.05) is 6.54 Å². The molecule has 1 aromatic rings. The van der Waals surface area contributed by atoms with Gasteiger partial charge in [-0.15, -0.1) is 0 Å². The van der Waals surface area contributed by atoms with Gasteiger partial charge in [0.2, 0.25) is 0 Å². The number of hydrogen-bond donors (Lipinski definition) is 0. The summed E-state index contributed by atoms with van der Waals surface area (Å²) in [6.07, 6.45) is -1.26. The van der Waals surface area contributed by atoms with Gasteiger partial charge in [0.15, 0.2) is 0 Å². The van der Waals surface area contributed by atoms with Crippen molar-refractivity contribution in [1.82, 2.24) is 0 Å². The van der Waals surface area contributed by atoms with E-state index in [2.05, 4.69) is 0 Å². The molecule has 0 aromatic heterocycles. The predicted molar refractivity (Wildman–Crippen MR) is 67.2 cm³/mol. The molecular weight excluding hydrogens is 269 g/mol.